The fraction of sp³-hybridized carbons (Fsp3) is 0.333. The van der Waals surface area contributed by atoms with Crippen LogP contribution in [0.5, 0.6) is 0 Å². The second-order valence-corrected chi connectivity index (χ2v) is 9.15. The summed E-state index contributed by atoms with van der Waals surface area (Å²) in [4.78, 5) is 29.3. The van der Waals surface area contributed by atoms with Crippen LogP contribution in [-0.4, -0.2) is 42.5 Å². The molecule has 0 aromatic heterocycles. The average Bonchev–Trinajstić information content (AvgIpc) is 2.91. The summed E-state index contributed by atoms with van der Waals surface area (Å²) in [6.07, 6.45) is 1.21. The predicted molar refractivity (Wildman–Crippen MR) is 144 cm³/mol. The van der Waals surface area contributed by atoms with Gasteiger partial charge in [0.2, 0.25) is 5.91 Å². The zero-order valence-electron chi connectivity index (χ0n) is 21.2. The Bertz CT molecular complexity index is 1110. The Morgan fingerprint density at radius 1 is 0.917 bits per heavy atom. The molecule has 0 fully saturated rings. The van der Waals surface area contributed by atoms with Crippen molar-refractivity contribution in [2.75, 3.05) is 29.9 Å². The summed E-state index contributed by atoms with van der Waals surface area (Å²) in [6, 6.07) is 26.0. The van der Waals surface area contributed by atoms with Crippen molar-refractivity contribution in [2.24, 2.45) is 0 Å². The van der Waals surface area contributed by atoms with Crippen LogP contribution in [0.15, 0.2) is 78.9 Å². The molecule has 1 N–H and O–H groups in total. The fourth-order valence-corrected chi connectivity index (χ4v) is 4.64. The molecular weight excluding hydrogens is 450 g/mol. The molecule has 188 valence electrons. The standard InChI is InChI=1S/C30H35N3O3/c1-3-32(28-16-10-15-27-26(28)17-18-29(34)31-27)19-20-36-30(35)23(2)33(21-24-11-6-4-7-12-24)22-25-13-8-5-9-14-25/h4-16,23H,3,17-22H2,1-2H3,(H,31,34)/t23-/m0/s1. The number of ether oxygens (including phenoxy) is 1. The molecule has 1 aliphatic heterocycles. The molecular formula is C30H35N3O3. The number of nitrogens with one attached hydrogen (secondary N) is 1. The number of esters is 1. The van der Waals surface area contributed by atoms with Crippen molar-refractivity contribution >= 4 is 23.3 Å². The molecule has 36 heavy (non-hydrogen) atoms. The van der Waals surface area contributed by atoms with E-state index in [2.05, 4.69) is 52.4 Å². The van der Waals surface area contributed by atoms with Crippen LogP contribution in [-0.2, 0) is 33.8 Å². The minimum atomic E-state index is -0.389. The van der Waals surface area contributed by atoms with E-state index in [1.807, 2.05) is 55.5 Å². The molecule has 6 heteroatoms. The van der Waals surface area contributed by atoms with Crippen LogP contribution in [0, 0.1) is 0 Å². The normalized spacial score (nSPS) is 13.6. The molecule has 0 spiro atoms. The lowest BCUT2D eigenvalue weighted by molar-refractivity contribution is -0.149. The van der Waals surface area contributed by atoms with E-state index in [1.165, 1.54) is 0 Å². The molecule has 0 saturated carbocycles. The van der Waals surface area contributed by atoms with Crippen LogP contribution in [0.4, 0.5) is 11.4 Å². The Morgan fingerprint density at radius 3 is 2.17 bits per heavy atom. The fourth-order valence-electron chi connectivity index (χ4n) is 4.64. The monoisotopic (exact) mass is 485 g/mol. The highest BCUT2D eigenvalue weighted by Gasteiger charge is 2.24. The van der Waals surface area contributed by atoms with Crippen molar-refractivity contribution in [2.45, 2.75) is 45.8 Å². The Morgan fingerprint density at radius 2 is 1.56 bits per heavy atom. The Hall–Kier alpha value is -3.64. The van der Waals surface area contributed by atoms with E-state index < -0.39 is 0 Å². The van der Waals surface area contributed by atoms with Crippen molar-refractivity contribution in [1.29, 1.82) is 0 Å². The summed E-state index contributed by atoms with van der Waals surface area (Å²) in [6.45, 7) is 7.01. The van der Waals surface area contributed by atoms with Gasteiger partial charge in [0.05, 0.1) is 6.54 Å². The molecule has 4 rings (SSSR count). The van der Waals surface area contributed by atoms with Gasteiger partial charge in [-0.3, -0.25) is 14.5 Å². The molecule has 1 amide bonds. The van der Waals surface area contributed by atoms with Crippen LogP contribution in [0.2, 0.25) is 0 Å². The number of hydrogen-bond acceptors (Lipinski definition) is 5. The van der Waals surface area contributed by atoms with Crippen LogP contribution in [0.1, 0.15) is 37.0 Å². The highest BCUT2D eigenvalue weighted by molar-refractivity contribution is 5.95. The quantitative estimate of drug-likeness (QED) is 0.386. The number of likely N-dealkylation sites (N-methyl/N-ethyl adjacent to an activating group) is 1. The SMILES string of the molecule is CCN(CCOC(=O)[C@H](C)N(Cc1ccccc1)Cc1ccccc1)c1cccc2c1CCC(=O)N2. The molecule has 0 radical (unpaired) electrons. The zero-order chi connectivity index (χ0) is 25.3. The lowest BCUT2D eigenvalue weighted by Crippen LogP contribution is -2.40. The summed E-state index contributed by atoms with van der Waals surface area (Å²) in [7, 11) is 0. The van der Waals surface area contributed by atoms with E-state index in [0.717, 1.165) is 41.0 Å². The van der Waals surface area contributed by atoms with Gasteiger partial charge in [0.25, 0.3) is 0 Å². The van der Waals surface area contributed by atoms with Gasteiger partial charge in [-0.05, 0) is 49.1 Å². The van der Waals surface area contributed by atoms with Gasteiger partial charge in [-0.25, -0.2) is 0 Å². The van der Waals surface area contributed by atoms with E-state index >= 15 is 0 Å². The van der Waals surface area contributed by atoms with Gasteiger partial charge in [0.1, 0.15) is 12.6 Å². The number of fused-ring (bicyclic) bond motifs is 1. The molecule has 1 atom stereocenters. The molecule has 1 heterocycles. The third kappa shape index (κ3) is 6.52. The number of rotatable bonds is 11. The van der Waals surface area contributed by atoms with Crippen LogP contribution in [0.25, 0.3) is 0 Å². The Labute approximate surface area is 213 Å². The minimum Gasteiger partial charge on any atom is -0.463 e. The molecule has 0 aliphatic carbocycles. The maximum Gasteiger partial charge on any atom is 0.323 e. The molecule has 0 saturated heterocycles. The van der Waals surface area contributed by atoms with Gasteiger partial charge in [-0.1, -0.05) is 66.7 Å². The lowest BCUT2D eigenvalue weighted by atomic mass is 10.00. The second kappa shape index (κ2) is 12.4. The van der Waals surface area contributed by atoms with Crippen molar-refractivity contribution in [3.63, 3.8) is 0 Å². The number of carbonyl (C=O) groups excluding carboxylic acids is 2. The summed E-state index contributed by atoms with van der Waals surface area (Å²) in [5.74, 6) is -0.165. The van der Waals surface area contributed by atoms with Gasteiger partial charge < -0.3 is 15.0 Å². The van der Waals surface area contributed by atoms with Crippen molar-refractivity contribution in [3.05, 3.63) is 95.6 Å². The first kappa shape index (κ1) is 25.5. The average molecular weight is 486 g/mol. The number of amides is 1. The molecule has 6 nitrogen and oxygen atoms in total. The smallest absolute Gasteiger partial charge is 0.323 e. The van der Waals surface area contributed by atoms with Gasteiger partial charge in [0.15, 0.2) is 0 Å². The maximum absolute atomic E-state index is 13.1. The van der Waals surface area contributed by atoms with E-state index in [9.17, 15) is 9.59 Å². The van der Waals surface area contributed by atoms with Crippen molar-refractivity contribution in [3.8, 4) is 0 Å². The highest BCUT2D eigenvalue weighted by atomic mass is 16.5. The minimum absolute atomic E-state index is 0.0566. The molecule has 1 aliphatic rings. The lowest BCUT2D eigenvalue weighted by Gasteiger charge is -2.30. The first-order chi connectivity index (χ1) is 17.5. The largest absolute Gasteiger partial charge is 0.463 e. The third-order valence-corrected chi connectivity index (χ3v) is 6.70. The third-order valence-electron chi connectivity index (χ3n) is 6.70. The van der Waals surface area contributed by atoms with E-state index in [0.29, 0.717) is 32.7 Å². The number of carbonyl (C=O) groups is 2. The summed E-state index contributed by atoms with van der Waals surface area (Å²) >= 11 is 0. The van der Waals surface area contributed by atoms with E-state index in [1.54, 1.807) is 0 Å². The van der Waals surface area contributed by atoms with Gasteiger partial charge >= 0.3 is 5.97 Å². The summed E-state index contributed by atoms with van der Waals surface area (Å²) in [5, 5.41) is 2.96. The molecule has 3 aromatic carbocycles. The zero-order valence-corrected chi connectivity index (χ0v) is 21.2. The predicted octanol–water partition coefficient (Wildman–Crippen LogP) is 5.03. The maximum atomic E-state index is 13.1. The number of nitrogens with zero attached hydrogens (tertiary/aromatic N) is 2. The van der Waals surface area contributed by atoms with Crippen molar-refractivity contribution < 1.29 is 14.3 Å². The van der Waals surface area contributed by atoms with Crippen molar-refractivity contribution in [1.82, 2.24) is 4.90 Å². The van der Waals surface area contributed by atoms with Gasteiger partial charge in [0, 0.05) is 37.4 Å². The van der Waals surface area contributed by atoms with E-state index in [4.69, 9.17) is 4.74 Å². The van der Waals surface area contributed by atoms with Crippen LogP contribution in [0.3, 0.4) is 0 Å². The molecule has 0 bridgehead atoms. The second-order valence-electron chi connectivity index (χ2n) is 9.15. The summed E-state index contributed by atoms with van der Waals surface area (Å²) < 4.78 is 5.78. The van der Waals surface area contributed by atoms with Gasteiger partial charge in [-0.2, -0.15) is 0 Å². The van der Waals surface area contributed by atoms with Crippen LogP contribution < -0.4 is 10.2 Å². The topological polar surface area (TPSA) is 61.9 Å². The summed E-state index contributed by atoms with van der Waals surface area (Å²) in [5.41, 5.74) is 5.44. The van der Waals surface area contributed by atoms with Gasteiger partial charge in [-0.15, -0.1) is 0 Å². The molecule has 3 aromatic rings. The number of hydrogen-bond donors (Lipinski definition) is 1. The Balaban J connectivity index is 1.39. The first-order valence-corrected chi connectivity index (χ1v) is 12.7. The number of benzene rings is 3. The highest BCUT2D eigenvalue weighted by Crippen LogP contribution is 2.31. The Kier molecular flexibility index (Phi) is 8.74. The van der Waals surface area contributed by atoms with Crippen LogP contribution >= 0.6 is 0 Å². The first-order valence-electron chi connectivity index (χ1n) is 12.7. The number of anilines is 2. The van der Waals surface area contributed by atoms with E-state index in [-0.39, 0.29) is 17.9 Å². The molecule has 0 unspecified atom stereocenters.